The van der Waals surface area contributed by atoms with Crippen molar-refractivity contribution in [1.82, 2.24) is 14.5 Å². The number of halogens is 1. The molecule has 0 bridgehead atoms. The Hall–Kier alpha value is -2.00. The van der Waals surface area contributed by atoms with Crippen molar-refractivity contribution in [2.75, 3.05) is 26.2 Å². The maximum absolute atomic E-state index is 14.2. The molecule has 1 aromatic carbocycles. The summed E-state index contributed by atoms with van der Waals surface area (Å²) in [6.07, 6.45) is 0. The molecule has 7 nitrogen and oxygen atoms in total. The number of carbonyl (C=O) groups is 2. The van der Waals surface area contributed by atoms with E-state index in [2.05, 4.69) is 4.72 Å². The number of hydrogen-bond donors (Lipinski definition) is 1. The minimum atomic E-state index is -3.83. The Balaban J connectivity index is 2.18. The smallest absolute Gasteiger partial charge is 0.256 e. The van der Waals surface area contributed by atoms with E-state index in [-0.39, 0.29) is 41.4 Å². The van der Waals surface area contributed by atoms with E-state index in [0.717, 1.165) is 18.2 Å². The number of nitrogens with one attached hydrogen (secondary N) is 1. The monoisotopic (exact) mass is 399 g/mol. The zero-order valence-corrected chi connectivity index (χ0v) is 16.8. The highest BCUT2D eigenvalue weighted by Gasteiger charge is 2.28. The van der Waals surface area contributed by atoms with Crippen LogP contribution in [0.4, 0.5) is 4.39 Å². The third-order valence-electron chi connectivity index (χ3n) is 4.24. The van der Waals surface area contributed by atoms with E-state index in [0.29, 0.717) is 13.1 Å². The van der Waals surface area contributed by atoms with E-state index < -0.39 is 21.7 Å². The minimum Gasteiger partial charge on any atom is -0.339 e. The molecule has 0 radical (unpaired) electrons. The molecule has 27 heavy (non-hydrogen) atoms. The lowest BCUT2D eigenvalue weighted by Gasteiger charge is -2.35. The number of amides is 2. The average Bonchev–Trinajstić information content (AvgIpc) is 2.59. The molecule has 1 aromatic rings. The van der Waals surface area contributed by atoms with Crippen LogP contribution in [0.5, 0.6) is 0 Å². The summed E-state index contributed by atoms with van der Waals surface area (Å²) in [5, 5.41) is 0. The van der Waals surface area contributed by atoms with Crippen LogP contribution in [0.2, 0.25) is 0 Å². The first-order valence-electron chi connectivity index (χ1n) is 8.93. The summed E-state index contributed by atoms with van der Waals surface area (Å²) in [4.78, 5) is 27.7. The van der Waals surface area contributed by atoms with Gasteiger partial charge in [-0.3, -0.25) is 9.59 Å². The maximum Gasteiger partial charge on any atom is 0.256 e. The molecule has 150 valence electrons. The second-order valence-corrected chi connectivity index (χ2v) is 8.90. The van der Waals surface area contributed by atoms with Crippen molar-refractivity contribution in [3.05, 3.63) is 29.6 Å². The van der Waals surface area contributed by atoms with Crippen molar-refractivity contribution in [2.45, 2.75) is 38.6 Å². The van der Waals surface area contributed by atoms with E-state index in [4.69, 9.17) is 0 Å². The number of benzene rings is 1. The second-order valence-electron chi connectivity index (χ2n) is 7.19. The normalized spacial score (nSPS) is 15.5. The highest BCUT2D eigenvalue weighted by atomic mass is 32.2. The van der Waals surface area contributed by atoms with Crippen LogP contribution in [0.1, 0.15) is 38.1 Å². The number of hydrogen-bond acceptors (Lipinski definition) is 4. The van der Waals surface area contributed by atoms with Crippen molar-refractivity contribution in [2.24, 2.45) is 5.92 Å². The summed E-state index contributed by atoms with van der Waals surface area (Å²) in [7, 11) is -3.83. The summed E-state index contributed by atoms with van der Waals surface area (Å²) < 4.78 is 41.2. The van der Waals surface area contributed by atoms with Gasteiger partial charge in [-0.15, -0.1) is 0 Å². The molecule has 0 saturated carbocycles. The van der Waals surface area contributed by atoms with Gasteiger partial charge in [-0.2, -0.15) is 0 Å². The van der Waals surface area contributed by atoms with Gasteiger partial charge in [0, 0.05) is 38.1 Å². The van der Waals surface area contributed by atoms with Gasteiger partial charge < -0.3 is 9.80 Å². The van der Waals surface area contributed by atoms with E-state index in [9.17, 15) is 22.4 Å². The van der Waals surface area contributed by atoms with Gasteiger partial charge in [0.05, 0.1) is 10.5 Å². The summed E-state index contributed by atoms with van der Waals surface area (Å²) in [6.45, 7) is 8.26. The summed E-state index contributed by atoms with van der Waals surface area (Å²) in [5.41, 5.74) is -0.287. The number of carbonyl (C=O) groups excluding carboxylic acids is 2. The predicted molar refractivity (Wildman–Crippen MR) is 99.2 cm³/mol. The van der Waals surface area contributed by atoms with Crippen molar-refractivity contribution in [3.8, 4) is 0 Å². The molecule has 2 rings (SSSR count). The number of piperazine rings is 1. The quantitative estimate of drug-likeness (QED) is 0.812. The molecule has 1 N–H and O–H groups in total. The molecule has 0 atom stereocenters. The van der Waals surface area contributed by atoms with Crippen LogP contribution in [-0.4, -0.2) is 62.3 Å². The highest BCUT2D eigenvalue weighted by Crippen LogP contribution is 2.18. The number of rotatable bonds is 5. The number of nitrogens with zero attached hydrogens (tertiary/aromatic N) is 2. The van der Waals surface area contributed by atoms with Gasteiger partial charge in [-0.25, -0.2) is 17.5 Å². The third kappa shape index (κ3) is 5.04. The number of sulfonamides is 1. The third-order valence-corrected chi connectivity index (χ3v) is 5.90. The van der Waals surface area contributed by atoms with Crippen LogP contribution < -0.4 is 4.72 Å². The molecule has 9 heteroatoms. The van der Waals surface area contributed by atoms with Gasteiger partial charge in [0.25, 0.3) is 5.91 Å². The first kappa shape index (κ1) is 21.3. The largest absolute Gasteiger partial charge is 0.339 e. The zero-order chi connectivity index (χ0) is 20.4. The molecule has 0 aromatic heterocycles. The van der Waals surface area contributed by atoms with Gasteiger partial charge in [-0.05, 0) is 32.0 Å². The van der Waals surface area contributed by atoms with Crippen molar-refractivity contribution < 1.29 is 22.4 Å². The fourth-order valence-electron chi connectivity index (χ4n) is 2.88. The van der Waals surface area contributed by atoms with Crippen molar-refractivity contribution in [1.29, 1.82) is 0 Å². The lowest BCUT2D eigenvalue weighted by atomic mass is 10.1. The molecule has 2 amide bonds. The van der Waals surface area contributed by atoms with Crippen LogP contribution in [0.25, 0.3) is 0 Å². The lowest BCUT2D eigenvalue weighted by Crippen LogP contribution is -2.51. The Morgan fingerprint density at radius 1 is 1.04 bits per heavy atom. The highest BCUT2D eigenvalue weighted by molar-refractivity contribution is 7.89. The Morgan fingerprint density at radius 2 is 1.59 bits per heavy atom. The Labute approximate surface area is 159 Å². The Bertz CT molecular complexity index is 816. The fourth-order valence-corrected chi connectivity index (χ4v) is 4.16. The van der Waals surface area contributed by atoms with E-state index >= 15 is 0 Å². The summed E-state index contributed by atoms with van der Waals surface area (Å²) in [6, 6.07) is 2.86. The standard InChI is InChI=1S/C18H26FN3O4S/c1-12(2)17(23)21-7-9-22(10-8-21)18(24)15-11-14(5-6-16(15)19)27(25,26)20-13(3)4/h5-6,11-13,20H,7-10H2,1-4H3. The maximum atomic E-state index is 14.2. The van der Waals surface area contributed by atoms with Gasteiger partial charge >= 0.3 is 0 Å². The van der Waals surface area contributed by atoms with Crippen LogP contribution >= 0.6 is 0 Å². The molecule has 1 fully saturated rings. The molecule has 1 aliphatic rings. The lowest BCUT2D eigenvalue weighted by molar-refractivity contribution is -0.135. The van der Waals surface area contributed by atoms with Crippen LogP contribution in [0, 0.1) is 11.7 Å². The first-order chi connectivity index (χ1) is 12.5. The molecule has 0 spiro atoms. The van der Waals surface area contributed by atoms with E-state index in [1.165, 1.54) is 4.90 Å². The molecule has 0 unspecified atom stereocenters. The van der Waals surface area contributed by atoms with Crippen LogP contribution in [0.15, 0.2) is 23.1 Å². The summed E-state index contributed by atoms with van der Waals surface area (Å²) in [5.74, 6) is -1.46. The average molecular weight is 399 g/mol. The SMILES string of the molecule is CC(C)NS(=O)(=O)c1ccc(F)c(C(=O)N2CCN(C(=O)C(C)C)CC2)c1. The molecular formula is C18H26FN3O4S. The second kappa shape index (κ2) is 8.35. The topological polar surface area (TPSA) is 86.8 Å². The predicted octanol–water partition coefficient (Wildman–Crippen LogP) is 1.45. The zero-order valence-electron chi connectivity index (χ0n) is 16.0. The molecular weight excluding hydrogens is 373 g/mol. The van der Waals surface area contributed by atoms with Crippen LogP contribution in [0.3, 0.4) is 0 Å². The van der Waals surface area contributed by atoms with Gasteiger partial charge in [-0.1, -0.05) is 13.8 Å². The van der Waals surface area contributed by atoms with E-state index in [1.807, 2.05) is 13.8 Å². The summed E-state index contributed by atoms with van der Waals surface area (Å²) >= 11 is 0. The Morgan fingerprint density at radius 3 is 2.11 bits per heavy atom. The van der Waals surface area contributed by atoms with Gasteiger partial charge in [0.15, 0.2) is 0 Å². The molecule has 1 aliphatic heterocycles. The molecule has 0 aliphatic carbocycles. The van der Waals surface area contributed by atoms with Gasteiger partial charge in [0.2, 0.25) is 15.9 Å². The Kier molecular flexibility index (Phi) is 6.59. The van der Waals surface area contributed by atoms with Crippen LogP contribution in [-0.2, 0) is 14.8 Å². The molecule has 1 heterocycles. The van der Waals surface area contributed by atoms with Gasteiger partial charge in [0.1, 0.15) is 5.82 Å². The first-order valence-corrected chi connectivity index (χ1v) is 10.4. The minimum absolute atomic E-state index is 0.0149. The fraction of sp³-hybridized carbons (Fsp3) is 0.556. The molecule has 1 saturated heterocycles. The van der Waals surface area contributed by atoms with E-state index in [1.54, 1.807) is 18.7 Å². The van der Waals surface area contributed by atoms with Crippen molar-refractivity contribution in [3.63, 3.8) is 0 Å². The van der Waals surface area contributed by atoms with Crippen molar-refractivity contribution >= 4 is 21.8 Å².